The van der Waals surface area contributed by atoms with Gasteiger partial charge in [0.15, 0.2) is 17.5 Å². The minimum atomic E-state index is 0. The van der Waals surface area contributed by atoms with E-state index in [4.69, 9.17) is 15.2 Å². The number of piperazine rings is 1. The highest BCUT2D eigenvalue weighted by atomic mass is 127. The van der Waals surface area contributed by atoms with Crippen molar-refractivity contribution in [3.63, 3.8) is 0 Å². The van der Waals surface area contributed by atoms with E-state index in [1.165, 1.54) is 5.56 Å². The van der Waals surface area contributed by atoms with Crippen LogP contribution in [0.15, 0.2) is 53.5 Å². The number of nitrogens with two attached hydrogens (primary N) is 1. The Balaban J connectivity index is 0.00000341. The summed E-state index contributed by atoms with van der Waals surface area (Å²) < 4.78 is 10.6. The molecule has 0 radical (unpaired) electrons. The Hall–Kier alpha value is -2.04. The summed E-state index contributed by atoms with van der Waals surface area (Å²) in [6.45, 7) is 7.63. The van der Waals surface area contributed by atoms with Gasteiger partial charge in [-0.1, -0.05) is 36.4 Å². The van der Waals surface area contributed by atoms with Crippen molar-refractivity contribution in [3.8, 4) is 11.5 Å². The van der Waals surface area contributed by atoms with Gasteiger partial charge in [0.1, 0.15) is 0 Å². The predicted molar refractivity (Wildman–Crippen MR) is 136 cm³/mol. The van der Waals surface area contributed by atoms with Crippen LogP contribution < -0.4 is 20.5 Å². The van der Waals surface area contributed by atoms with Gasteiger partial charge in [0.2, 0.25) is 0 Å². The monoisotopic (exact) mass is 539 g/mol. The molecule has 2 aromatic rings. The molecule has 1 saturated heterocycles. The zero-order chi connectivity index (χ0) is 21.2. The number of hydrogen-bond acceptors (Lipinski definition) is 5. The minimum Gasteiger partial charge on any atom is -0.493 e. The van der Waals surface area contributed by atoms with Crippen LogP contribution in [0.3, 0.4) is 0 Å². The minimum absolute atomic E-state index is 0. The van der Waals surface area contributed by atoms with Crippen LogP contribution in [0.2, 0.25) is 0 Å². The number of guanidine groups is 1. The van der Waals surface area contributed by atoms with Crippen molar-refractivity contribution in [2.45, 2.75) is 13.1 Å². The molecule has 1 fully saturated rings. The van der Waals surface area contributed by atoms with E-state index < -0.39 is 0 Å². The molecule has 1 aliphatic rings. The quantitative estimate of drug-likeness (QED) is 0.290. The lowest BCUT2D eigenvalue weighted by Gasteiger charge is -2.34. The van der Waals surface area contributed by atoms with Gasteiger partial charge < -0.3 is 20.5 Å². The van der Waals surface area contributed by atoms with E-state index in [2.05, 4.69) is 50.4 Å². The first-order chi connectivity index (χ1) is 14.7. The van der Waals surface area contributed by atoms with Crippen molar-refractivity contribution >= 4 is 29.9 Å². The second-order valence-electron chi connectivity index (χ2n) is 7.42. The highest BCUT2D eigenvalue weighted by Gasteiger charge is 2.16. The Morgan fingerprint density at radius 2 is 1.61 bits per heavy atom. The Bertz CT molecular complexity index is 811. The molecule has 0 aromatic heterocycles. The van der Waals surface area contributed by atoms with E-state index in [-0.39, 0.29) is 24.0 Å². The average Bonchev–Trinajstić information content (AvgIpc) is 2.79. The van der Waals surface area contributed by atoms with Gasteiger partial charge in [0, 0.05) is 45.8 Å². The first-order valence-corrected chi connectivity index (χ1v) is 10.4. The maximum Gasteiger partial charge on any atom is 0.188 e. The molecule has 1 aliphatic heterocycles. The standard InChI is InChI=1S/C23H33N5O2.HI/c1-29-21-9-8-20(16-22(21)30-2)17-26-23(24)25-10-11-27-12-14-28(15-13-27)18-19-6-4-3-5-7-19;/h3-9,16H,10-15,17-18H2,1-2H3,(H3,24,25,26);1H. The van der Waals surface area contributed by atoms with Crippen LogP contribution in [-0.4, -0.2) is 69.2 Å². The van der Waals surface area contributed by atoms with E-state index in [1.54, 1.807) is 14.2 Å². The summed E-state index contributed by atoms with van der Waals surface area (Å²) in [5, 5.41) is 3.22. The lowest BCUT2D eigenvalue weighted by atomic mass is 10.2. The average molecular weight is 539 g/mol. The zero-order valence-corrected chi connectivity index (χ0v) is 20.7. The molecule has 170 valence electrons. The Kier molecular flexibility index (Phi) is 10.9. The first kappa shape index (κ1) is 25.2. The van der Waals surface area contributed by atoms with Crippen molar-refractivity contribution in [2.24, 2.45) is 10.7 Å². The Morgan fingerprint density at radius 1 is 0.935 bits per heavy atom. The molecule has 0 aliphatic carbocycles. The highest BCUT2D eigenvalue weighted by molar-refractivity contribution is 14.0. The van der Waals surface area contributed by atoms with Gasteiger partial charge in [-0.15, -0.1) is 24.0 Å². The van der Waals surface area contributed by atoms with Crippen molar-refractivity contribution in [3.05, 3.63) is 59.7 Å². The molecule has 0 spiro atoms. The maximum absolute atomic E-state index is 6.03. The molecule has 0 amide bonds. The van der Waals surface area contributed by atoms with Gasteiger partial charge in [0.25, 0.3) is 0 Å². The van der Waals surface area contributed by atoms with Crippen molar-refractivity contribution in [1.82, 2.24) is 15.1 Å². The third-order valence-corrected chi connectivity index (χ3v) is 5.33. The van der Waals surface area contributed by atoms with E-state index >= 15 is 0 Å². The molecule has 0 unspecified atom stereocenters. The molecule has 3 N–H and O–H groups in total. The van der Waals surface area contributed by atoms with E-state index in [0.717, 1.165) is 51.4 Å². The largest absolute Gasteiger partial charge is 0.493 e. The summed E-state index contributed by atoms with van der Waals surface area (Å²) in [5.41, 5.74) is 8.43. The predicted octanol–water partition coefficient (Wildman–Crippen LogP) is 2.54. The van der Waals surface area contributed by atoms with Crippen LogP contribution in [-0.2, 0) is 13.1 Å². The molecule has 2 aromatic carbocycles. The van der Waals surface area contributed by atoms with E-state index in [1.807, 2.05) is 18.2 Å². The van der Waals surface area contributed by atoms with E-state index in [9.17, 15) is 0 Å². The molecule has 0 atom stereocenters. The van der Waals surface area contributed by atoms with Gasteiger partial charge in [0.05, 0.1) is 20.8 Å². The smallest absolute Gasteiger partial charge is 0.188 e. The molecule has 31 heavy (non-hydrogen) atoms. The molecular weight excluding hydrogens is 505 g/mol. The number of methoxy groups -OCH3 is 2. The summed E-state index contributed by atoms with van der Waals surface area (Å²) in [7, 11) is 3.25. The summed E-state index contributed by atoms with van der Waals surface area (Å²) in [6, 6.07) is 16.4. The van der Waals surface area contributed by atoms with Gasteiger partial charge >= 0.3 is 0 Å². The summed E-state index contributed by atoms with van der Waals surface area (Å²) >= 11 is 0. The SMILES string of the molecule is COc1ccc(CN=C(N)NCCN2CCN(Cc3ccccc3)CC2)cc1OC.I. The normalized spacial score (nSPS) is 15.2. The number of aliphatic imine (C=N–C) groups is 1. The number of nitrogens with zero attached hydrogens (tertiary/aromatic N) is 3. The third kappa shape index (κ3) is 8.19. The lowest BCUT2D eigenvalue weighted by molar-refractivity contribution is 0.129. The van der Waals surface area contributed by atoms with Crippen LogP contribution >= 0.6 is 24.0 Å². The van der Waals surface area contributed by atoms with Gasteiger partial charge in [-0.05, 0) is 23.3 Å². The van der Waals surface area contributed by atoms with Gasteiger partial charge in [-0.3, -0.25) is 9.80 Å². The van der Waals surface area contributed by atoms with Crippen LogP contribution in [0.25, 0.3) is 0 Å². The fourth-order valence-electron chi connectivity index (χ4n) is 3.57. The van der Waals surface area contributed by atoms with Crippen molar-refractivity contribution in [2.75, 3.05) is 53.5 Å². The summed E-state index contributed by atoms with van der Waals surface area (Å²) in [5.74, 6) is 1.87. The fourth-order valence-corrected chi connectivity index (χ4v) is 3.57. The molecular formula is C23H34IN5O2. The number of hydrogen-bond donors (Lipinski definition) is 2. The molecule has 0 saturated carbocycles. The maximum atomic E-state index is 6.03. The number of ether oxygens (including phenoxy) is 2. The summed E-state index contributed by atoms with van der Waals surface area (Å²) in [6.07, 6.45) is 0. The number of rotatable bonds is 9. The second-order valence-corrected chi connectivity index (χ2v) is 7.42. The molecule has 8 heteroatoms. The first-order valence-electron chi connectivity index (χ1n) is 10.4. The van der Waals surface area contributed by atoms with Crippen molar-refractivity contribution < 1.29 is 9.47 Å². The fraction of sp³-hybridized carbons (Fsp3) is 0.435. The molecule has 0 bridgehead atoms. The molecule has 1 heterocycles. The zero-order valence-electron chi connectivity index (χ0n) is 18.4. The Labute approximate surface area is 202 Å². The van der Waals surface area contributed by atoms with Gasteiger partial charge in [-0.25, -0.2) is 4.99 Å². The van der Waals surface area contributed by atoms with Crippen LogP contribution in [0.1, 0.15) is 11.1 Å². The number of benzene rings is 2. The van der Waals surface area contributed by atoms with Crippen molar-refractivity contribution in [1.29, 1.82) is 0 Å². The topological polar surface area (TPSA) is 75.4 Å². The number of halogens is 1. The van der Waals surface area contributed by atoms with E-state index in [0.29, 0.717) is 24.0 Å². The Morgan fingerprint density at radius 3 is 2.29 bits per heavy atom. The van der Waals surface area contributed by atoms with Gasteiger partial charge in [-0.2, -0.15) is 0 Å². The molecule has 7 nitrogen and oxygen atoms in total. The highest BCUT2D eigenvalue weighted by Crippen LogP contribution is 2.27. The third-order valence-electron chi connectivity index (χ3n) is 5.33. The lowest BCUT2D eigenvalue weighted by Crippen LogP contribution is -2.48. The van der Waals surface area contributed by atoms with Crippen LogP contribution in [0, 0.1) is 0 Å². The molecule has 3 rings (SSSR count). The number of nitrogens with one attached hydrogen (secondary N) is 1. The van der Waals surface area contributed by atoms with Crippen LogP contribution in [0.4, 0.5) is 0 Å². The summed E-state index contributed by atoms with van der Waals surface area (Å²) in [4.78, 5) is 9.41. The second kappa shape index (κ2) is 13.4. The van der Waals surface area contributed by atoms with Crippen LogP contribution in [0.5, 0.6) is 11.5 Å².